The number of hydrogen-bond acceptors (Lipinski definition) is 1. The minimum Gasteiger partial charge on any atom is -0.501 e. The third kappa shape index (κ3) is 11.3. The number of unbranched alkanes of at least 4 members (excludes halogenated alkanes) is 3. The molecule has 0 rings (SSSR count). The van der Waals surface area contributed by atoms with Crippen molar-refractivity contribution in [2.24, 2.45) is 0 Å². The van der Waals surface area contributed by atoms with E-state index in [1.165, 1.54) is 25.7 Å². The highest BCUT2D eigenvalue weighted by Gasteiger charge is 1.79. The van der Waals surface area contributed by atoms with Gasteiger partial charge in [-0.05, 0) is 18.9 Å². The van der Waals surface area contributed by atoms with Gasteiger partial charge >= 0.3 is 0 Å². The van der Waals surface area contributed by atoms with Crippen molar-refractivity contribution in [2.45, 2.75) is 46.0 Å². The molecule has 0 aliphatic carbocycles. The van der Waals surface area contributed by atoms with Crippen LogP contribution in [0, 0.1) is 0 Å². The molecule has 0 radical (unpaired) electrons. The molecule has 0 saturated carbocycles. The summed E-state index contributed by atoms with van der Waals surface area (Å²) in [5, 5.41) is 0. The predicted molar refractivity (Wildman–Crippen MR) is 58.7 cm³/mol. The van der Waals surface area contributed by atoms with Gasteiger partial charge in [-0.2, -0.15) is 0 Å². The first-order valence-corrected chi connectivity index (χ1v) is 5.35. The van der Waals surface area contributed by atoms with Crippen LogP contribution in [0.1, 0.15) is 46.0 Å². The quantitative estimate of drug-likeness (QED) is 0.312. The highest BCUT2D eigenvalue weighted by atomic mass is 16.5. The molecule has 0 heterocycles. The summed E-state index contributed by atoms with van der Waals surface area (Å²) in [5.74, 6) is 0. The van der Waals surface area contributed by atoms with Gasteiger partial charge in [0.05, 0.1) is 12.9 Å². The zero-order valence-electron chi connectivity index (χ0n) is 8.96. The van der Waals surface area contributed by atoms with Crippen molar-refractivity contribution in [3.63, 3.8) is 0 Å². The summed E-state index contributed by atoms with van der Waals surface area (Å²) in [6, 6.07) is 0. The van der Waals surface area contributed by atoms with Crippen LogP contribution in [-0.4, -0.2) is 6.61 Å². The number of allylic oxidation sites excluding steroid dienone is 3. The van der Waals surface area contributed by atoms with Crippen molar-refractivity contribution in [1.29, 1.82) is 0 Å². The maximum Gasteiger partial charge on any atom is 0.0873 e. The van der Waals surface area contributed by atoms with Crippen molar-refractivity contribution in [1.82, 2.24) is 0 Å². The third-order valence-corrected chi connectivity index (χ3v) is 1.76. The average Bonchev–Trinajstić information content (AvgIpc) is 2.16. The first kappa shape index (κ1) is 12.3. The summed E-state index contributed by atoms with van der Waals surface area (Å²) in [7, 11) is 0. The van der Waals surface area contributed by atoms with E-state index in [1.54, 1.807) is 6.26 Å². The molecular formula is C12H22O. The molecule has 0 saturated heterocycles. The zero-order valence-corrected chi connectivity index (χ0v) is 8.96. The lowest BCUT2D eigenvalue weighted by Crippen LogP contribution is -1.84. The normalized spacial score (nSPS) is 11.5. The van der Waals surface area contributed by atoms with Crippen molar-refractivity contribution in [3.8, 4) is 0 Å². The Bertz CT molecular complexity index is 136. The Morgan fingerprint density at radius 3 is 2.46 bits per heavy atom. The van der Waals surface area contributed by atoms with Crippen molar-refractivity contribution < 1.29 is 4.74 Å². The van der Waals surface area contributed by atoms with Gasteiger partial charge in [0.2, 0.25) is 0 Å². The molecule has 0 aliphatic rings. The maximum atomic E-state index is 5.25. The molecule has 0 N–H and O–H groups in total. The van der Waals surface area contributed by atoms with Crippen LogP contribution >= 0.6 is 0 Å². The van der Waals surface area contributed by atoms with Crippen LogP contribution in [-0.2, 0) is 4.74 Å². The minimum absolute atomic E-state index is 0.843. The van der Waals surface area contributed by atoms with Gasteiger partial charge in [-0.1, -0.05) is 45.3 Å². The van der Waals surface area contributed by atoms with Crippen LogP contribution in [0.25, 0.3) is 0 Å². The summed E-state index contributed by atoms with van der Waals surface area (Å²) in [6.45, 7) is 5.21. The molecule has 1 heteroatoms. The van der Waals surface area contributed by atoms with E-state index in [4.69, 9.17) is 4.74 Å². The lowest BCUT2D eigenvalue weighted by molar-refractivity contribution is 0.244. The molecule has 0 aromatic rings. The average molecular weight is 182 g/mol. The van der Waals surface area contributed by atoms with E-state index >= 15 is 0 Å². The van der Waals surface area contributed by atoms with Crippen LogP contribution in [0.5, 0.6) is 0 Å². The summed E-state index contributed by atoms with van der Waals surface area (Å²) in [4.78, 5) is 0. The van der Waals surface area contributed by atoms with Crippen molar-refractivity contribution in [3.05, 3.63) is 24.5 Å². The molecule has 0 aromatic heterocycles. The molecular weight excluding hydrogens is 160 g/mol. The van der Waals surface area contributed by atoms with E-state index in [-0.39, 0.29) is 0 Å². The Morgan fingerprint density at radius 2 is 1.77 bits per heavy atom. The first-order chi connectivity index (χ1) is 6.41. The fourth-order valence-corrected chi connectivity index (χ4v) is 0.893. The standard InChI is InChI=1S/C12H22O/c1-3-5-7-8-9-10-12-13-11-6-4-2/h8-10,12H,3-7,11H2,1-2H3/b9-8+,12-10+. The second kappa shape index (κ2) is 11.3. The highest BCUT2D eigenvalue weighted by Crippen LogP contribution is 1.95. The summed E-state index contributed by atoms with van der Waals surface area (Å²) >= 11 is 0. The smallest absolute Gasteiger partial charge is 0.0873 e. The molecule has 0 bridgehead atoms. The summed E-state index contributed by atoms with van der Waals surface area (Å²) < 4.78 is 5.25. The molecule has 0 aromatic carbocycles. The van der Waals surface area contributed by atoms with E-state index in [0.29, 0.717) is 0 Å². The predicted octanol–water partition coefficient (Wildman–Crippen LogP) is 4.06. The molecule has 76 valence electrons. The van der Waals surface area contributed by atoms with Crippen LogP contribution in [0.2, 0.25) is 0 Å². The second-order valence-corrected chi connectivity index (χ2v) is 3.12. The molecule has 0 atom stereocenters. The van der Waals surface area contributed by atoms with Gasteiger partial charge in [-0.15, -0.1) is 0 Å². The lowest BCUT2D eigenvalue weighted by atomic mass is 10.2. The Morgan fingerprint density at radius 1 is 1.00 bits per heavy atom. The van der Waals surface area contributed by atoms with Gasteiger partial charge in [0.25, 0.3) is 0 Å². The minimum atomic E-state index is 0.843. The molecule has 0 unspecified atom stereocenters. The zero-order chi connectivity index (χ0) is 9.78. The molecule has 1 nitrogen and oxygen atoms in total. The molecule has 0 amide bonds. The first-order valence-electron chi connectivity index (χ1n) is 5.35. The van der Waals surface area contributed by atoms with E-state index in [1.807, 2.05) is 6.08 Å². The van der Waals surface area contributed by atoms with Gasteiger partial charge in [0.15, 0.2) is 0 Å². The Kier molecular flexibility index (Phi) is 10.7. The van der Waals surface area contributed by atoms with Crippen molar-refractivity contribution >= 4 is 0 Å². The van der Waals surface area contributed by atoms with E-state index in [0.717, 1.165) is 13.0 Å². The van der Waals surface area contributed by atoms with Crippen LogP contribution in [0.3, 0.4) is 0 Å². The van der Waals surface area contributed by atoms with Crippen molar-refractivity contribution in [2.75, 3.05) is 6.61 Å². The van der Waals surface area contributed by atoms with Crippen LogP contribution in [0.4, 0.5) is 0 Å². The van der Waals surface area contributed by atoms with E-state index in [9.17, 15) is 0 Å². The number of hydrogen-bond donors (Lipinski definition) is 0. The highest BCUT2D eigenvalue weighted by molar-refractivity contribution is 4.99. The molecule has 0 aliphatic heterocycles. The van der Waals surface area contributed by atoms with Gasteiger partial charge in [-0.25, -0.2) is 0 Å². The fourth-order valence-electron chi connectivity index (χ4n) is 0.893. The Hall–Kier alpha value is -0.720. The largest absolute Gasteiger partial charge is 0.501 e. The van der Waals surface area contributed by atoms with Crippen LogP contribution in [0.15, 0.2) is 24.5 Å². The summed E-state index contributed by atoms with van der Waals surface area (Å²) in [6.07, 6.45) is 14.0. The SMILES string of the molecule is CCCC/C=C/C=C/OCCCC. The van der Waals surface area contributed by atoms with Gasteiger partial charge < -0.3 is 4.74 Å². The Balaban J connectivity index is 3.15. The summed E-state index contributed by atoms with van der Waals surface area (Å²) in [5.41, 5.74) is 0. The number of rotatable bonds is 8. The third-order valence-electron chi connectivity index (χ3n) is 1.76. The monoisotopic (exact) mass is 182 g/mol. The topological polar surface area (TPSA) is 9.23 Å². The number of ether oxygens (including phenoxy) is 1. The molecule has 13 heavy (non-hydrogen) atoms. The van der Waals surface area contributed by atoms with E-state index < -0.39 is 0 Å². The van der Waals surface area contributed by atoms with Gasteiger partial charge in [0, 0.05) is 0 Å². The second-order valence-electron chi connectivity index (χ2n) is 3.12. The molecule has 0 spiro atoms. The van der Waals surface area contributed by atoms with E-state index in [2.05, 4.69) is 26.0 Å². The van der Waals surface area contributed by atoms with Crippen LogP contribution < -0.4 is 0 Å². The fraction of sp³-hybridized carbons (Fsp3) is 0.667. The molecule has 0 fully saturated rings. The Labute approximate surface area is 82.5 Å². The lowest BCUT2D eigenvalue weighted by Gasteiger charge is -1.95. The maximum absolute atomic E-state index is 5.25. The van der Waals surface area contributed by atoms with Gasteiger partial charge in [-0.3, -0.25) is 0 Å². The van der Waals surface area contributed by atoms with Gasteiger partial charge in [0.1, 0.15) is 0 Å².